The van der Waals surface area contributed by atoms with Crippen LogP contribution in [-0.4, -0.2) is 0 Å². The van der Waals surface area contributed by atoms with Crippen molar-refractivity contribution in [3.8, 4) is 0 Å². The van der Waals surface area contributed by atoms with Crippen LogP contribution in [0.4, 0.5) is 0 Å². The molecule has 0 amide bonds. The van der Waals surface area contributed by atoms with Gasteiger partial charge in [0.2, 0.25) is 0 Å². The lowest BCUT2D eigenvalue weighted by molar-refractivity contribution is 0.254. The van der Waals surface area contributed by atoms with Gasteiger partial charge in [-0.25, -0.2) is 0 Å². The van der Waals surface area contributed by atoms with Crippen LogP contribution < -0.4 is 0 Å². The maximum atomic E-state index is 2.52. The van der Waals surface area contributed by atoms with Gasteiger partial charge in [0.15, 0.2) is 0 Å². The summed E-state index contributed by atoms with van der Waals surface area (Å²) in [6.45, 7) is 16.7. The zero-order valence-corrected chi connectivity index (χ0v) is 15.5. The zero-order valence-electron chi connectivity index (χ0n) is 15.5. The molecule has 20 heavy (non-hydrogen) atoms. The Hall–Kier alpha value is 0. The molecule has 0 aliphatic heterocycles. The molecule has 0 heterocycles. The lowest BCUT2D eigenvalue weighted by Gasteiger charge is -2.26. The Bertz CT molecular complexity index is 204. The van der Waals surface area contributed by atoms with E-state index in [9.17, 15) is 0 Å². The molecule has 0 spiro atoms. The van der Waals surface area contributed by atoms with Crippen molar-refractivity contribution < 1.29 is 0 Å². The van der Waals surface area contributed by atoms with Crippen LogP contribution in [0.15, 0.2) is 0 Å². The fourth-order valence-corrected chi connectivity index (χ4v) is 3.05. The second-order valence-electron chi connectivity index (χ2n) is 8.12. The molecule has 0 aromatic rings. The topological polar surface area (TPSA) is 0 Å². The lowest BCUT2D eigenvalue weighted by Crippen LogP contribution is -2.14. The van der Waals surface area contributed by atoms with E-state index in [4.69, 9.17) is 0 Å². The molecule has 0 fully saturated rings. The molecule has 0 unspecified atom stereocenters. The molecule has 0 bridgehead atoms. The van der Waals surface area contributed by atoms with Gasteiger partial charge in [0, 0.05) is 0 Å². The van der Waals surface area contributed by atoms with E-state index in [1.807, 2.05) is 0 Å². The first-order chi connectivity index (χ1) is 9.36. The molecule has 0 nitrogen and oxygen atoms in total. The minimum absolute atomic E-state index is 0.865. The highest BCUT2D eigenvalue weighted by atomic mass is 14.2. The smallest absolute Gasteiger partial charge is 0.0388 e. The molecule has 0 N–H and O–H groups in total. The molecule has 0 radical (unpaired) electrons. The molecule has 0 aromatic carbocycles. The summed E-state index contributed by atoms with van der Waals surface area (Å²) in [4.78, 5) is 0. The van der Waals surface area contributed by atoms with Gasteiger partial charge in [0.25, 0.3) is 0 Å². The molecule has 0 aromatic heterocycles. The normalized spacial score (nSPS) is 16.6. The van der Waals surface area contributed by atoms with E-state index >= 15 is 0 Å². The van der Waals surface area contributed by atoms with Crippen LogP contribution in [0.1, 0.15) is 99.8 Å². The van der Waals surface area contributed by atoms with Crippen molar-refractivity contribution in [3.05, 3.63) is 0 Å². The lowest BCUT2D eigenvalue weighted by atomic mass is 9.80. The maximum absolute atomic E-state index is 2.52. The molecule has 0 aliphatic carbocycles. The van der Waals surface area contributed by atoms with Crippen molar-refractivity contribution in [2.24, 2.45) is 29.6 Å². The van der Waals surface area contributed by atoms with E-state index in [-0.39, 0.29) is 0 Å². The van der Waals surface area contributed by atoms with Gasteiger partial charge in [-0.2, -0.15) is 0 Å². The monoisotopic (exact) mass is 282 g/mol. The van der Waals surface area contributed by atoms with Gasteiger partial charge in [0.1, 0.15) is 0 Å². The van der Waals surface area contributed by atoms with Crippen LogP contribution in [0, 0.1) is 29.6 Å². The van der Waals surface area contributed by atoms with Crippen LogP contribution in [0.2, 0.25) is 0 Å². The van der Waals surface area contributed by atoms with Crippen molar-refractivity contribution >= 4 is 0 Å². The third kappa shape index (κ3) is 10.7. The molecule has 0 saturated carbocycles. The SMILES string of the molecule is CC[C@H](C)CC[C@@H](CCC(C)C)[C@H](C)CCCC(C)C. The van der Waals surface area contributed by atoms with Crippen molar-refractivity contribution in [1.29, 1.82) is 0 Å². The summed E-state index contributed by atoms with van der Waals surface area (Å²) in [6, 6.07) is 0. The molecular weight excluding hydrogens is 240 g/mol. The Labute approximate surface area is 130 Å². The highest BCUT2D eigenvalue weighted by molar-refractivity contribution is 4.70. The van der Waals surface area contributed by atoms with E-state index < -0.39 is 0 Å². The molecule has 0 rings (SSSR count). The van der Waals surface area contributed by atoms with Crippen LogP contribution in [0.3, 0.4) is 0 Å². The summed E-state index contributed by atoms with van der Waals surface area (Å²) < 4.78 is 0. The molecule has 0 saturated heterocycles. The average molecular weight is 283 g/mol. The predicted octanol–water partition coefficient (Wildman–Crippen LogP) is 7.33. The molecule has 122 valence electrons. The first kappa shape index (κ1) is 20.0. The first-order valence-corrected chi connectivity index (χ1v) is 9.36. The minimum Gasteiger partial charge on any atom is -0.0651 e. The molecular formula is C20H42. The standard InChI is InChI=1S/C20H42/c1-8-18(6)13-15-20(14-12-17(4)5)19(7)11-9-10-16(2)3/h16-20H,8-15H2,1-7H3/t18-,19+,20+/m0/s1. The number of hydrogen-bond donors (Lipinski definition) is 0. The van der Waals surface area contributed by atoms with E-state index in [0.29, 0.717) is 0 Å². The van der Waals surface area contributed by atoms with E-state index in [1.165, 1.54) is 51.4 Å². The second kappa shape index (κ2) is 11.6. The van der Waals surface area contributed by atoms with Crippen LogP contribution in [0.25, 0.3) is 0 Å². The predicted molar refractivity (Wildman–Crippen MR) is 94.1 cm³/mol. The van der Waals surface area contributed by atoms with Crippen LogP contribution in [-0.2, 0) is 0 Å². The Morgan fingerprint density at radius 2 is 1.15 bits per heavy atom. The minimum atomic E-state index is 0.865. The average Bonchev–Trinajstić information content (AvgIpc) is 2.37. The van der Waals surface area contributed by atoms with Crippen molar-refractivity contribution in [1.82, 2.24) is 0 Å². The summed E-state index contributed by atoms with van der Waals surface area (Å²) in [5.41, 5.74) is 0. The highest BCUT2D eigenvalue weighted by Crippen LogP contribution is 2.30. The Morgan fingerprint density at radius 1 is 0.600 bits per heavy atom. The summed E-state index contributed by atoms with van der Waals surface area (Å²) in [5, 5.41) is 0. The quantitative estimate of drug-likeness (QED) is 0.351. The third-order valence-electron chi connectivity index (χ3n) is 5.09. The van der Waals surface area contributed by atoms with Gasteiger partial charge in [-0.3, -0.25) is 0 Å². The van der Waals surface area contributed by atoms with Gasteiger partial charge in [-0.15, -0.1) is 0 Å². The summed E-state index contributed by atoms with van der Waals surface area (Å²) in [5.74, 6) is 4.55. The largest absolute Gasteiger partial charge is 0.0651 e. The van der Waals surface area contributed by atoms with E-state index in [1.54, 1.807) is 0 Å². The molecule has 0 aliphatic rings. The number of hydrogen-bond acceptors (Lipinski definition) is 0. The molecule has 0 heteroatoms. The first-order valence-electron chi connectivity index (χ1n) is 9.36. The van der Waals surface area contributed by atoms with Gasteiger partial charge < -0.3 is 0 Å². The van der Waals surface area contributed by atoms with E-state index in [2.05, 4.69) is 48.5 Å². The van der Waals surface area contributed by atoms with Crippen LogP contribution >= 0.6 is 0 Å². The van der Waals surface area contributed by atoms with Crippen LogP contribution in [0.5, 0.6) is 0 Å². The maximum Gasteiger partial charge on any atom is -0.0388 e. The van der Waals surface area contributed by atoms with Crippen molar-refractivity contribution in [2.75, 3.05) is 0 Å². The second-order valence-corrected chi connectivity index (χ2v) is 8.12. The Morgan fingerprint density at radius 3 is 1.65 bits per heavy atom. The summed E-state index contributed by atoms with van der Waals surface area (Å²) in [6.07, 6.45) is 11.4. The third-order valence-corrected chi connectivity index (χ3v) is 5.09. The molecule has 3 atom stereocenters. The fourth-order valence-electron chi connectivity index (χ4n) is 3.05. The van der Waals surface area contributed by atoms with Gasteiger partial charge in [0.05, 0.1) is 0 Å². The number of rotatable bonds is 12. The highest BCUT2D eigenvalue weighted by Gasteiger charge is 2.18. The van der Waals surface area contributed by atoms with Gasteiger partial charge >= 0.3 is 0 Å². The van der Waals surface area contributed by atoms with Gasteiger partial charge in [-0.05, 0) is 42.4 Å². The Kier molecular flexibility index (Phi) is 11.6. The fraction of sp³-hybridized carbons (Fsp3) is 1.00. The van der Waals surface area contributed by atoms with Crippen molar-refractivity contribution in [2.45, 2.75) is 99.8 Å². The zero-order chi connectivity index (χ0) is 15.5. The Balaban J connectivity index is 4.18. The summed E-state index contributed by atoms with van der Waals surface area (Å²) in [7, 11) is 0. The summed E-state index contributed by atoms with van der Waals surface area (Å²) >= 11 is 0. The van der Waals surface area contributed by atoms with E-state index in [0.717, 1.165) is 29.6 Å². The van der Waals surface area contributed by atoms with Crippen molar-refractivity contribution in [3.63, 3.8) is 0 Å². The van der Waals surface area contributed by atoms with Gasteiger partial charge in [-0.1, -0.05) is 87.0 Å².